The number of benzene rings is 1. The van der Waals surface area contributed by atoms with E-state index < -0.39 is 6.09 Å². The number of methoxy groups -OCH3 is 2. The smallest absolute Gasteiger partial charge is 0.407 e. The number of alkyl carbamates (subject to hydrolysis) is 1. The fraction of sp³-hybridized carbons (Fsp3) is 0.364. The van der Waals surface area contributed by atoms with Gasteiger partial charge in [0.2, 0.25) is 0 Å². The molecule has 0 aliphatic carbocycles. The molecule has 1 aromatic rings. The number of carbonyl (C=O) groups is 1. The number of para-hydroxylation sites is 1. The van der Waals surface area contributed by atoms with Crippen molar-refractivity contribution in [2.45, 2.75) is 6.04 Å². The SMILES string of the molecule is COc1cccc([C@@H]2COC(=O)N2)c1OC.Cl. The molecule has 0 radical (unpaired) electrons. The number of carbonyl (C=O) groups excluding carboxylic acids is 1. The van der Waals surface area contributed by atoms with Gasteiger partial charge in [0.1, 0.15) is 6.61 Å². The van der Waals surface area contributed by atoms with Crippen LogP contribution in [-0.2, 0) is 4.74 Å². The van der Waals surface area contributed by atoms with Gasteiger partial charge in [0.05, 0.1) is 20.3 Å². The average molecular weight is 260 g/mol. The van der Waals surface area contributed by atoms with Gasteiger partial charge in [-0.1, -0.05) is 12.1 Å². The molecule has 94 valence electrons. The first kappa shape index (κ1) is 13.4. The van der Waals surface area contributed by atoms with Crippen molar-refractivity contribution in [2.24, 2.45) is 0 Å². The Morgan fingerprint density at radius 2 is 2.12 bits per heavy atom. The normalized spacial score (nSPS) is 17.8. The van der Waals surface area contributed by atoms with Gasteiger partial charge in [-0.25, -0.2) is 4.79 Å². The van der Waals surface area contributed by atoms with Gasteiger partial charge in [0.15, 0.2) is 11.5 Å². The molecule has 1 fully saturated rings. The van der Waals surface area contributed by atoms with E-state index in [2.05, 4.69) is 5.32 Å². The summed E-state index contributed by atoms with van der Waals surface area (Å²) in [7, 11) is 3.14. The summed E-state index contributed by atoms with van der Waals surface area (Å²) in [5, 5.41) is 2.70. The molecule has 1 aliphatic heterocycles. The van der Waals surface area contributed by atoms with E-state index in [0.29, 0.717) is 18.1 Å². The number of hydrogen-bond acceptors (Lipinski definition) is 4. The summed E-state index contributed by atoms with van der Waals surface area (Å²) in [5.74, 6) is 1.27. The first-order valence-electron chi connectivity index (χ1n) is 4.90. The quantitative estimate of drug-likeness (QED) is 0.901. The van der Waals surface area contributed by atoms with Crippen LogP contribution in [0.1, 0.15) is 11.6 Å². The summed E-state index contributed by atoms with van der Waals surface area (Å²) in [6.45, 7) is 0.308. The lowest BCUT2D eigenvalue weighted by Crippen LogP contribution is -2.19. The monoisotopic (exact) mass is 259 g/mol. The maximum absolute atomic E-state index is 11.0. The van der Waals surface area contributed by atoms with Crippen LogP contribution in [-0.4, -0.2) is 26.9 Å². The van der Waals surface area contributed by atoms with E-state index in [9.17, 15) is 4.79 Å². The lowest BCUT2D eigenvalue weighted by Gasteiger charge is -2.15. The third-order valence-corrected chi connectivity index (χ3v) is 2.48. The maximum atomic E-state index is 11.0. The molecule has 1 aromatic carbocycles. The summed E-state index contributed by atoms with van der Waals surface area (Å²) in [6.07, 6.45) is -0.408. The number of ether oxygens (including phenoxy) is 3. The third kappa shape index (κ3) is 2.55. The van der Waals surface area contributed by atoms with Crippen LogP contribution in [0.5, 0.6) is 11.5 Å². The van der Waals surface area contributed by atoms with E-state index in [-0.39, 0.29) is 18.4 Å². The fourth-order valence-corrected chi connectivity index (χ4v) is 1.74. The number of halogens is 1. The highest BCUT2D eigenvalue weighted by Crippen LogP contribution is 2.35. The van der Waals surface area contributed by atoms with Crippen molar-refractivity contribution in [1.29, 1.82) is 0 Å². The fourth-order valence-electron chi connectivity index (χ4n) is 1.74. The molecule has 2 rings (SSSR count). The number of amides is 1. The topological polar surface area (TPSA) is 56.8 Å². The Bertz CT molecular complexity index is 410. The maximum Gasteiger partial charge on any atom is 0.407 e. The second-order valence-electron chi connectivity index (χ2n) is 3.38. The number of rotatable bonds is 3. The highest BCUT2D eigenvalue weighted by molar-refractivity contribution is 5.85. The van der Waals surface area contributed by atoms with Gasteiger partial charge in [0, 0.05) is 5.56 Å². The molecule has 0 bridgehead atoms. The van der Waals surface area contributed by atoms with Crippen molar-refractivity contribution >= 4 is 18.5 Å². The molecule has 1 atom stereocenters. The summed E-state index contributed by atoms with van der Waals surface area (Å²) in [6, 6.07) is 5.35. The van der Waals surface area contributed by atoms with E-state index in [4.69, 9.17) is 14.2 Å². The van der Waals surface area contributed by atoms with Crippen LogP contribution in [0.2, 0.25) is 0 Å². The molecule has 0 unspecified atom stereocenters. The highest BCUT2D eigenvalue weighted by Gasteiger charge is 2.27. The zero-order valence-electron chi connectivity index (χ0n) is 9.56. The van der Waals surface area contributed by atoms with E-state index in [1.807, 2.05) is 12.1 Å². The highest BCUT2D eigenvalue weighted by atomic mass is 35.5. The van der Waals surface area contributed by atoms with E-state index >= 15 is 0 Å². The van der Waals surface area contributed by atoms with Crippen molar-refractivity contribution < 1.29 is 19.0 Å². The Kier molecular flexibility index (Phi) is 4.45. The Hall–Kier alpha value is -1.62. The molecule has 1 heterocycles. The zero-order valence-corrected chi connectivity index (χ0v) is 10.4. The van der Waals surface area contributed by atoms with Gasteiger partial charge in [-0.15, -0.1) is 12.4 Å². The van der Waals surface area contributed by atoms with Crippen molar-refractivity contribution in [3.05, 3.63) is 23.8 Å². The van der Waals surface area contributed by atoms with Gasteiger partial charge in [-0.05, 0) is 6.07 Å². The van der Waals surface area contributed by atoms with Crippen LogP contribution in [0.25, 0.3) is 0 Å². The standard InChI is InChI=1S/C11H13NO4.ClH/c1-14-9-5-3-4-7(10(9)15-2)8-6-16-11(13)12-8;/h3-5,8H,6H2,1-2H3,(H,12,13);1H/t8-;/m0./s1. The van der Waals surface area contributed by atoms with Gasteiger partial charge in [-0.2, -0.15) is 0 Å². The second kappa shape index (κ2) is 5.63. The average Bonchev–Trinajstić information content (AvgIpc) is 2.74. The zero-order chi connectivity index (χ0) is 11.5. The van der Waals surface area contributed by atoms with Gasteiger partial charge in [0.25, 0.3) is 0 Å². The minimum atomic E-state index is -0.408. The molecule has 5 nitrogen and oxygen atoms in total. The van der Waals surface area contributed by atoms with Crippen molar-refractivity contribution in [1.82, 2.24) is 5.32 Å². The van der Waals surface area contributed by atoms with Crippen LogP contribution in [0.4, 0.5) is 4.79 Å². The molecular formula is C11H14ClNO4. The Morgan fingerprint density at radius 3 is 2.65 bits per heavy atom. The van der Waals surface area contributed by atoms with Crippen LogP contribution in [0, 0.1) is 0 Å². The van der Waals surface area contributed by atoms with Crippen molar-refractivity contribution in [2.75, 3.05) is 20.8 Å². The van der Waals surface area contributed by atoms with Crippen LogP contribution in [0.15, 0.2) is 18.2 Å². The van der Waals surface area contributed by atoms with Gasteiger partial charge < -0.3 is 19.5 Å². The molecule has 1 amide bonds. The Morgan fingerprint density at radius 1 is 1.35 bits per heavy atom. The molecule has 1 N–H and O–H groups in total. The van der Waals surface area contributed by atoms with Crippen LogP contribution < -0.4 is 14.8 Å². The van der Waals surface area contributed by atoms with Crippen LogP contribution in [0.3, 0.4) is 0 Å². The van der Waals surface area contributed by atoms with Crippen molar-refractivity contribution in [3.8, 4) is 11.5 Å². The summed E-state index contributed by atoms with van der Waals surface area (Å²) >= 11 is 0. The molecular weight excluding hydrogens is 246 g/mol. The van der Waals surface area contributed by atoms with E-state index in [0.717, 1.165) is 5.56 Å². The molecule has 17 heavy (non-hydrogen) atoms. The summed E-state index contributed by atoms with van der Waals surface area (Å²) in [4.78, 5) is 11.0. The predicted octanol–water partition coefficient (Wildman–Crippen LogP) is 1.91. The van der Waals surface area contributed by atoms with E-state index in [1.54, 1.807) is 20.3 Å². The lowest BCUT2D eigenvalue weighted by molar-refractivity contribution is 0.176. The summed E-state index contributed by atoms with van der Waals surface area (Å²) in [5.41, 5.74) is 0.854. The lowest BCUT2D eigenvalue weighted by atomic mass is 10.1. The van der Waals surface area contributed by atoms with Crippen molar-refractivity contribution in [3.63, 3.8) is 0 Å². The first-order chi connectivity index (χ1) is 7.76. The van der Waals surface area contributed by atoms with Crippen LogP contribution >= 0.6 is 12.4 Å². The molecule has 0 spiro atoms. The second-order valence-corrected chi connectivity index (χ2v) is 3.38. The molecule has 0 aromatic heterocycles. The summed E-state index contributed by atoms with van der Waals surface area (Å²) < 4.78 is 15.3. The Labute approximate surface area is 105 Å². The molecule has 1 saturated heterocycles. The number of nitrogens with one attached hydrogen (secondary N) is 1. The first-order valence-corrected chi connectivity index (χ1v) is 4.90. The van der Waals surface area contributed by atoms with Gasteiger partial charge >= 0.3 is 6.09 Å². The number of hydrogen-bond donors (Lipinski definition) is 1. The van der Waals surface area contributed by atoms with E-state index in [1.165, 1.54) is 0 Å². The largest absolute Gasteiger partial charge is 0.493 e. The molecule has 6 heteroatoms. The minimum Gasteiger partial charge on any atom is -0.493 e. The minimum absolute atomic E-state index is 0. The van der Waals surface area contributed by atoms with Gasteiger partial charge in [-0.3, -0.25) is 0 Å². The molecule has 1 aliphatic rings. The number of cyclic esters (lactones) is 1. The predicted molar refractivity (Wildman–Crippen MR) is 64.0 cm³/mol. The molecule has 0 saturated carbocycles. The Balaban J connectivity index is 0.00000144. The third-order valence-electron chi connectivity index (χ3n) is 2.48.